The van der Waals surface area contributed by atoms with Crippen LogP contribution in [0.2, 0.25) is 0 Å². The minimum absolute atomic E-state index is 0.00464. The second-order valence-electron chi connectivity index (χ2n) is 5.02. The first kappa shape index (κ1) is 14.5. The molecular weight excluding hydrogens is 252 g/mol. The van der Waals surface area contributed by atoms with Gasteiger partial charge in [-0.25, -0.2) is 4.98 Å². The number of para-hydroxylation sites is 2. The molecular formula is C15H22N4O. The van der Waals surface area contributed by atoms with Crippen molar-refractivity contribution in [1.82, 2.24) is 20.2 Å². The Bertz CT molecular complexity index is 605. The monoisotopic (exact) mass is 274 g/mol. The van der Waals surface area contributed by atoms with E-state index < -0.39 is 0 Å². The van der Waals surface area contributed by atoms with E-state index >= 15 is 0 Å². The summed E-state index contributed by atoms with van der Waals surface area (Å²) in [6.45, 7) is 6.45. The number of carbonyl (C=O) groups is 1. The second-order valence-corrected chi connectivity index (χ2v) is 5.02. The Morgan fingerprint density at radius 3 is 2.70 bits per heavy atom. The number of aromatic nitrogens is 2. The molecule has 0 aliphatic carbocycles. The third-order valence-electron chi connectivity index (χ3n) is 3.45. The Hall–Kier alpha value is -1.88. The Morgan fingerprint density at radius 2 is 2.05 bits per heavy atom. The summed E-state index contributed by atoms with van der Waals surface area (Å²) in [6, 6.07) is 7.79. The van der Waals surface area contributed by atoms with Gasteiger partial charge in [-0.1, -0.05) is 12.1 Å². The molecule has 20 heavy (non-hydrogen) atoms. The molecule has 2 N–H and O–H groups in total. The molecule has 0 aliphatic heterocycles. The van der Waals surface area contributed by atoms with Crippen LogP contribution in [0.4, 0.5) is 0 Å². The zero-order valence-corrected chi connectivity index (χ0v) is 12.5. The standard InChI is InChI=1S/C15H22N4O/c1-5-16-15(20)11(3)17-10(2)14-18-12-8-6-7-9-13(12)19(14)4/h6-11,17H,5H2,1-4H3,(H,16,20). The molecule has 5 heteroatoms. The molecule has 0 saturated carbocycles. The van der Waals surface area contributed by atoms with Crippen LogP contribution in [0.3, 0.4) is 0 Å². The largest absolute Gasteiger partial charge is 0.355 e. The molecule has 0 saturated heterocycles. The summed E-state index contributed by atoms with van der Waals surface area (Å²) in [4.78, 5) is 16.4. The van der Waals surface area contributed by atoms with E-state index in [0.29, 0.717) is 6.54 Å². The number of benzene rings is 1. The predicted octanol–water partition coefficient (Wildman–Crippen LogP) is 1.75. The Kier molecular flexibility index (Phi) is 4.39. The van der Waals surface area contributed by atoms with Crippen molar-refractivity contribution in [1.29, 1.82) is 0 Å². The molecule has 0 bridgehead atoms. The van der Waals surface area contributed by atoms with Gasteiger partial charge in [-0.3, -0.25) is 10.1 Å². The van der Waals surface area contributed by atoms with E-state index in [9.17, 15) is 4.79 Å². The molecule has 0 radical (unpaired) electrons. The maximum Gasteiger partial charge on any atom is 0.236 e. The molecule has 0 fully saturated rings. The minimum atomic E-state index is -0.246. The highest BCUT2D eigenvalue weighted by Crippen LogP contribution is 2.19. The lowest BCUT2D eigenvalue weighted by molar-refractivity contribution is -0.122. The molecule has 2 rings (SSSR count). The van der Waals surface area contributed by atoms with Crippen LogP contribution in [0.15, 0.2) is 24.3 Å². The summed E-state index contributed by atoms with van der Waals surface area (Å²) in [7, 11) is 2.00. The molecule has 1 amide bonds. The highest BCUT2D eigenvalue weighted by Gasteiger charge is 2.19. The molecule has 2 aromatic rings. The molecule has 0 aliphatic rings. The number of rotatable bonds is 5. The van der Waals surface area contributed by atoms with Gasteiger partial charge in [0.15, 0.2) is 0 Å². The SMILES string of the molecule is CCNC(=O)C(C)NC(C)c1nc2ccccc2n1C. The van der Waals surface area contributed by atoms with Gasteiger partial charge in [0, 0.05) is 13.6 Å². The van der Waals surface area contributed by atoms with E-state index in [4.69, 9.17) is 0 Å². The van der Waals surface area contributed by atoms with Gasteiger partial charge >= 0.3 is 0 Å². The van der Waals surface area contributed by atoms with E-state index in [1.54, 1.807) is 0 Å². The number of likely N-dealkylation sites (N-methyl/N-ethyl adjacent to an activating group) is 1. The van der Waals surface area contributed by atoms with Crippen LogP contribution in [0.5, 0.6) is 0 Å². The van der Waals surface area contributed by atoms with Crippen molar-refractivity contribution in [2.75, 3.05) is 6.54 Å². The lowest BCUT2D eigenvalue weighted by atomic mass is 10.2. The van der Waals surface area contributed by atoms with Crippen LogP contribution >= 0.6 is 0 Å². The van der Waals surface area contributed by atoms with Gasteiger partial charge in [-0.15, -0.1) is 0 Å². The van der Waals surface area contributed by atoms with Crippen LogP contribution in [0.25, 0.3) is 11.0 Å². The lowest BCUT2D eigenvalue weighted by Crippen LogP contribution is -2.43. The second kappa shape index (κ2) is 6.05. The van der Waals surface area contributed by atoms with Crippen LogP contribution < -0.4 is 10.6 Å². The number of carbonyl (C=O) groups excluding carboxylic acids is 1. The van der Waals surface area contributed by atoms with Crippen molar-refractivity contribution in [3.05, 3.63) is 30.1 Å². The smallest absolute Gasteiger partial charge is 0.236 e. The summed E-state index contributed by atoms with van der Waals surface area (Å²) in [6.07, 6.45) is 0. The van der Waals surface area contributed by atoms with Gasteiger partial charge < -0.3 is 9.88 Å². The van der Waals surface area contributed by atoms with Gasteiger partial charge in [-0.05, 0) is 32.9 Å². The zero-order chi connectivity index (χ0) is 14.7. The van der Waals surface area contributed by atoms with Crippen molar-refractivity contribution in [2.45, 2.75) is 32.9 Å². The molecule has 5 nitrogen and oxygen atoms in total. The number of imidazole rings is 1. The summed E-state index contributed by atoms with van der Waals surface area (Å²) in [5.41, 5.74) is 2.08. The third kappa shape index (κ3) is 2.82. The van der Waals surface area contributed by atoms with Crippen molar-refractivity contribution in [2.24, 2.45) is 7.05 Å². The van der Waals surface area contributed by atoms with Crippen molar-refractivity contribution < 1.29 is 4.79 Å². The first-order chi connectivity index (χ1) is 9.54. The predicted molar refractivity (Wildman–Crippen MR) is 80.4 cm³/mol. The molecule has 1 aromatic heterocycles. The Balaban J connectivity index is 2.17. The molecule has 2 unspecified atom stereocenters. The number of amides is 1. The fourth-order valence-corrected chi connectivity index (χ4v) is 2.40. The highest BCUT2D eigenvalue weighted by atomic mass is 16.2. The maximum atomic E-state index is 11.8. The quantitative estimate of drug-likeness (QED) is 0.873. The average molecular weight is 274 g/mol. The third-order valence-corrected chi connectivity index (χ3v) is 3.45. The number of hydrogen-bond acceptors (Lipinski definition) is 3. The fraction of sp³-hybridized carbons (Fsp3) is 0.467. The van der Waals surface area contributed by atoms with Gasteiger partial charge in [0.2, 0.25) is 5.91 Å². The first-order valence-electron chi connectivity index (χ1n) is 6.99. The molecule has 1 heterocycles. The summed E-state index contributed by atoms with van der Waals surface area (Å²) in [5.74, 6) is 0.945. The molecule has 2 atom stereocenters. The van der Waals surface area contributed by atoms with Crippen molar-refractivity contribution >= 4 is 16.9 Å². The summed E-state index contributed by atoms with van der Waals surface area (Å²) in [5, 5.41) is 6.10. The Labute approximate surface area is 119 Å². The average Bonchev–Trinajstić information content (AvgIpc) is 2.77. The Morgan fingerprint density at radius 1 is 1.35 bits per heavy atom. The van der Waals surface area contributed by atoms with Gasteiger partial charge in [0.05, 0.1) is 23.1 Å². The van der Waals surface area contributed by atoms with Gasteiger partial charge in [0.1, 0.15) is 5.82 Å². The number of nitrogens with zero attached hydrogens (tertiary/aromatic N) is 2. The number of fused-ring (bicyclic) bond motifs is 1. The summed E-state index contributed by atoms with van der Waals surface area (Å²) >= 11 is 0. The number of nitrogens with one attached hydrogen (secondary N) is 2. The summed E-state index contributed by atoms with van der Waals surface area (Å²) < 4.78 is 2.07. The first-order valence-corrected chi connectivity index (χ1v) is 6.99. The molecule has 108 valence electrons. The van der Waals surface area contributed by atoms with Crippen molar-refractivity contribution in [3.8, 4) is 0 Å². The fourth-order valence-electron chi connectivity index (χ4n) is 2.40. The van der Waals surface area contributed by atoms with Gasteiger partial charge in [0.25, 0.3) is 0 Å². The lowest BCUT2D eigenvalue weighted by Gasteiger charge is -2.19. The van der Waals surface area contributed by atoms with Crippen LogP contribution in [0, 0.1) is 0 Å². The van der Waals surface area contributed by atoms with Crippen LogP contribution in [0.1, 0.15) is 32.6 Å². The number of aryl methyl sites for hydroxylation is 1. The topological polar surface area (TPSA) is 59.0 Å². The van der Waals surface area contributed by atoms with Crippen molar-refractivity contribution in [3.63, 3.8) is 0 Å². The van der Waals surface area contributed by atoms with Gasteiger partial charge in [-0.2, -0.15) is 0 Å². The van der Waals surface area contributed by atoms with E-state index in [2.05, 4.69) is 20.2 Å². The maximum absolute atomic E-state index is 11.8. The normalized spacial score (nSPS) is 14.2. The van der Waals surface area contributed by atoms with Crippen LogP contribution in [-0.2, 0) is 11.8 Å². The van der Waals surface area contributed by atoms with E-state index in [1.165, 1.54) is 0 Å². The molecule has 1 aromatic carbocycles. The zero-order valence-electron chi connectivity index (χ0n) is 12.5. The van der Waals surface area contributed by atoms with E-state index in [-0.39, 0.29) is 18.0 Å². The number of hydrogen-bond donors (Lipinski definition) is 2. The van der Waals surface area contributed by atoms with E-state index in [1.807, 2.05) is 52.1 Å². The highest BCUT2D eigenvalue weighted by molar-refractivity contribution is 5.81. The van der Waals surface area contributed by atoms with Crippen LogP contribution in [-0.4, -0.2) is 28.0 Å². The minimum Gasteiger partial charge on any atom is -0.355 e. The van der Waals surface area contributed by atoms with E-state index in [0.717, 1.165) is 16.9 Å². The molecule has 0 spiro atoms.